The minimum Gasteiger partial charge on any atom is -0.387 e. The molecule has 0 fully saturated rings. The summed E-state index contributed by atoms with van der Waals surface area (Å²) in [6.07, 6.45) is 57.7. The van der Waals surface area contributed by atoms with Gasteiger partial charge in [-0.25, -0.2) is 4.57 Å². The lowest BCUT2D eigenvalue weighted by atomic mass is 10.0. The molecule has 0 aromatic rings. The smallest absolute Gasteiger partial charge is 0.387 e. The van der Waals surface area contributed by atoms with Crippen LogP contribution >= 0.6 is 7.82 Å². The van der Waals surface area contributed by atoms with Gasteiger partial charge in [-0.3, -0.25) is 13.8 Å². The number of quaternary nitrogens is 1. The van der Waals surface area contributed by atoms with Gasteiger partial charge in [0.2, 0.25) is 5.91 Å². The highest BCUT2D eigenvalue weighted by atomic mass is 31.2. The molecule has 382 valence electrons. The van der Waals surface area contributed by atoms with Gasteiger partial charge >= 0.3 is 7.82 Å². The zero-order valence-corrected chi connectivity index (χ0v) is 44.4. The number of amides is 1. The van der Waals surface area contributed by atoms with Crippen LogP contribution in [0.15, 0.2) is 12.2 Å². The van der Waals surface area contributed by atoms with Crippen molar-refractivity contribution < 1.29 is 32.9 Å². The van der Waals surface area contributed by atoms with Crippen LogP contribution in [-0.2, 0) is 18.4 Å². The zero-order valence-electron chi connectivity index (χ0n) is 43.6. The maximum Gasteiger partial charge on any atom is 0.472 e. The molecular weight excluding hydrogens is 816 g/mol. The van der Waals surface area contributed by atoms with E-state index in [1.165, 1.54) is 225 Å². The Hall–Kier alpha value is -0.760. The van der Waals surface area contributed by atoms with Crippen LogP contribution in [0.3, 0.4) is 0 Å². The number of likely N-dealkylation sites (N-methyl/N-ethyl adjacent to an activating group) is 1. The average molecular weight is 928 g/mol. The lowest BCUT2D eigenvalue weighted by Gasteiger charge is -2.25. The quantitative estimate of drug-likeness (QED) is 0.0243. The topological polar surface area (TPSA) is 105 Å². The maximum absolute atomic E-state index is 12.9. The van der Waals surface area contributed by atoms with Gasteiger partial charge in [-0.2, -0.15) is 0 Å². The van der Waals surface area contributed by atoms with Crippen molar-refractivity contribution in [3.63, 3.8) is 0 Å². The van der Waals surface area contributed by atoms with Crippen LogP contribution < -0.4 is 5.32 Å². The summed E-state index contributed by atoms with van der Waals surface area (Å²) in [4.78, 5) is 23.2. The zero-order chi connectivity index (χ0) is 47.1. The number of unbranched alkanes of at least 4 members (excludes halogenated alkanes) is 39. The van der Waals surface area contributed by atoms with E-state index >= 15 is 0 Å². The molecule has 0 saturated heterocycles. The Bertz CT molecular complexity index is 1050. The van der Waals surface area contributed by atoms with Gasteiger partial charge in [0.1, 0.15) is 13.2 Å². The number of allylic oxidation sites excluding steroid dienone is 1. The Morgan fingerprint density at radius 3 is 1.16 bits per heavy atom. The summed E-state index contributed by atoms with van der Waals surface area (Å²) in [6, 6.07) is -0.840. The summed E-state index contributed by atoms with van der Waals surface area (Å²) in [5.41, 5.74) is 0. The van der Waals surface area contributed by atoms with Gasteiger partial charge in [0.25, 0.3) is 0 Å². The molecule has 0 rings (SSSR count). The van der Waals surface area contributed by atoms with E-state index in [2.05, 4.69) is 19.2 Å². The van der Waals surface area contributed by atoms with E-state index in [-0.39, 0.29) is 19.1 Å². The fraction of sp³-hybridized carbons (Fsp3) is 0.945. The summed E-state index contributed by atoms with van der Waals surface area (Å²) >= 11 is 0. The number of aliphatic hydroxyl groups excluding tert-OH is 1. The first-order valence-electron chi connectivity index (χ1n) is 28.1. The standard InChI is InChI=1S/C55H111N2O6P/c1-6-8-10-12-14-16-18-19-20-21-22-23-24-25-26-27-28-29-30-31-32-33-34-35-36-37-38-39-41-43-45-47-49-55(59)56-53(52-63-64(60,61)62-51-50-57(3,4)5)54(58)48-46-44-42-40-17-15-13-11-9-7-2/h46,48,53-54,58H,6-45,47,49-52H2,1-5H3,(H-,56,59,60,61)/p+1/b48-46+. The van der Waals surface area contributed by atoms with Crippen LogP contribution in [0.1, 0.15) is 284 Å². The molecule has 0 aliphatic heterocycles. The number of carbonyl (C=O) groups is 1. The number of nitrogens with one attached hydrogen (secondary N) is 1. The van der Waals surface area contributed by atoms with Crippen molar-refractivity contribution in [1.82, 2.24) is 5.32 Å². The SMILES string of the molecule is CCCCCCCCCC/C=C/C(O)C(COP(=O)(O)OCC[N+](C)(C)C)NC(=O)CCCCCCCCCCCCCCCCCCCCCCCCCCCCCCCCCC. The lowest BCUT2D eigenvalue weighted by Crippen LogP contribution is -2.45. The van der Waals surface area contributed by atoms with Gasteiger partial charge in [-0.15, -0.1) is 0 Å². The van der Waals surface area contributed by atoms with Crippen molar-refractivity contribution in [3.05, 3.63) is 12.2 Å². The van der Waals surface area contributed by atoms with Crippen LogP contribution in [0, 0.1) is 0 Å². The van der Waals surface area contributed by atoms with Crippen LogP contribution in [-0.4, -0.2) is 73.4 Å². The second kappa shape index (κ2) is 47.3. The number of hydrogen-bond acceptors (Lipinski definition) is 5. The number of phosphoric acid groups is 1. The Balaban J connectivity index is 3.91. The molecule has 3 N–H and O–H groups in total. The van der Waals surface area contributed by atoms with Crippen molar-refractivity contribution in [2.45, 2.75) is 296 Å². The molecule has 3 atom stereocenters. The van der Waals surface area contributed by atoms with E-state index in [1.807, 2.05) is 27.2 Å². The number of aliphatic hydroxyl groups is 1. The number of carbonyl (C=O) groups excluding carboxylic acids is 1. The minimum absolute atomic E-state index is 0.0646. The molecule has 8 nitrogen and oxygen atoms in total. The van der Waals surface area contributed by atoms with E-state index in [0.29, 0.717) is 17.4 Å². The Morgan fingerprint density at radius 1 is 0.516 bits per heavy atom. The molecule has 64 heavy (non-hydrogen) atoms. The van der Waals surface area contributed by atoms with Gasteiger partial charge in [0.15, 0.2) is 0 Å². The van der Waals surface area contributed by atoms with Crippen molar-refractivity contribution in [1.29, 1.82) is 0 Å². The van der Waals surface area contributed by atoms with Crippen LogP contribution in [0.4, 0.5) is 0 Å². The fourth-order valence-corrected chi connectivity index (χ4v) is 9.31. The third kappa shape index (κ3) is 49.2. The number of rotatable bonds is 52. The highest BCUT2D eigenvalue weighted by Crippen LogP contribution is 2.43. The normalized spacial score (nSPS) is 14.0. The van der Waals surface area contributed by atoms with Crippen molar-refractivity contribution in [2.24, 2.45) is 0 Å². The lowest BCUT2D eigenvalue weighted by molar-refractivity contribution is -0.870. The first kappa shape index (κ1) is 63.2. The van der Waals surface area contributed by atoms with E-state index in [0.717, 1.165) is 38.5 Å². The van der Waals surface area contributed by atoms with Gasteiger partial charge in [0.05, 0.1) is 39.9 Å². The molecule has 0 spiro atoms. The molecule has 0 radical (unpaired) electrons. The van der Waals surface area contributed by atoms with E-state index in [9.17, 15) is 19.4 Å². The average Bonchev–Trinajstić information content (AvgIpc) is 3.25. The molecule has 0 bridgehead atoms. The molecule has 1 amide bonds. The van der Waals surface area contributed by atoms with Crippen molar-refractivity contribution in [2.75, 3.05) is 40.9 Å². The van der Waals surface area contributed by atoms with Gasteiger partial charge in [0, 0.05) is 6.42 Å². The third-order valence-corrected chi connectivity index (χ3v) is 14.0. The summed E-state index contributed by atoms with van der Waals surface area (Å²) in [6.45, 7) is 4.83. The molecule has 0 aliphatic rings. The van der Waals surface area contributed by atoms with E-state index in [4.69, 9.17) is 9.05 Å². The number of hydrogen-bond donors (Lipinski definition) is 3. The van der Waals surface area contributed by atoms with E-state index in [1.54, 1.807) is 6.08 Å². The summed E-state index contributed by atoms with van der Waals surface area (Å²) < 4.78 is 23.6. The highest BCUT2D eigenvalue weighted by Gasteiger charge is 2.27. The molecule has 0 heterocycles. The Morgan fingerprint density at radius 2 is 0.828 bits per heavy atom. The second-order valence-corrected chi connectivity index (χ2v) is 22.1. The van der Waals surface area contributed by atoms with Crippen LogP contribution in [0.5, 0.6) is 0 Å². The largest absolute Gasteiger partial charge is 0.472 e. The second-order valence-electron chi connectivity index (χ2n) is 20.7. The molecule has 0 aromatic carbocycles. The van der Waals surface area contributed by atoms with Crippen LogP contribution in [0.2, 0.25) is 0 Å². The van der Waals surface area contributed by atoms with Gasteiger partial charge in [-0.05, 0) is 19.3 Å². The van der Waals surface area contributed by atoms with Crippen LogP contribution in [0.25, 0.3) is 0 Å². The Labute approximate surface area is 399 Å². The predicted molar refractivity (Wildman–Crippen MR) is 277 cm³/mol. The summed E-state index contributed by atoms with van der Waals surface area (Å²) in [7, 11) is 1.58. The molecule has 3 unspecified atom stereocenters. The Kier molecular flexibility index (Phi) is 46.8. The third-order valence-electron chi connectivity index (χ3n) is 13.0. The molecule has 9 heteroatoms. The predicted octanol–water partition coefficient (Wildman–Crippen LogP) is 16.7. The maximum atomic E-state index is 12.9. The summed E-state index contributed by atoms with van der Waals surface area (Å²) in [5.74, 6) is -0.173. The highest BCUT2D eigenvalue weighted by molar-refractivity contribution is 7.47. The minimum atomic E-state index is -4.33. The number of phosphoric ester groups is 1. The first-order valence-corrected chi connectivity index (χ1v) is 29.6. The number of nitrogens with zero attached hydrogens (tertiary/aromatic N) is 1. The van der Waals surface area contributed by atoms with Gasteiger partial charge in [-0.1, -0.05) is 270 Å². The van der Waals surface area contributed by atoms with Crippen molar-refractivity contribution >= 4 is 13.7 Å². The first-order chi connectivity index (χ1) is 31.0. The molecular formula is C55H112N2O6P+. The molecule has 0 aromatic heterocycles. The molecule has 0 aliphatic carbocycles. The fourth-order valence-electron chi connectivity index (χ4n) is 8.57. The van der Waals surface area contributed by atoms with E-state index < -0.39 is 20.0 Å². The molecule has 0 saturated carbocycles. The summed E-state index contributed by atoms with van der Waals surface area (Å²) in [5, 5.41) is 13.8. The van der Waals surface area contributed by atoms with Crippen molar-refractivity contribution in [3.8, 4) is 0 Å². The monoisotopic (exact) mass is 928 g/mol. The van der Waals surface area contributed by atoms with Gasteiger partial charge < -0.3 is 19.8 Å².